The zero-order valence-corrected chi connectivity index (χ0v) is 13.8. The lowest BCUT2D eigenvalue weighted by molar-refractivity contribution is 0.576. The predicted octanol–water partition coefficient (Wildman–Crippen LogP) is 3.82. The van der Waals surface area contributed by atoms with Gasteiger partial charge in [-0.05, 0) is 50.8 Å². The topological polar surface area (TPSA) is 52.8 Å². The fourth-order valence-corrected chi connectivity index (χ4v) is 3.18. The van der Waals surface area contributed by atoms with Crippen molar-refractivity contribution in [1.29, 1.82) is 5.26 Å². The molecule has 4 heteroatoms. The van der Waals surface area contributed by atoms with E-state index >= 15 is 0 Å². The molecule has 2 aromatic heterocycles. The van der Waals surface area contributed by atoms with E-state index in [-0.39, 0.29) is 0 Å². The summed E-state index contributed by atoms with van der Waals surface area (Å²) in [4.78, 5) is 11.4. The number of piperidine rings is 1. The molecule has 0 radical (unpaired) electrons. The van der Waals surface area contributed by atoms with Gasteiger partial charge in [-0.15, -0.1) is 0 Å². The van der Waals surface area contributed by atoms with Gasteiger partial charge in [0.2, 0.25) is 0 Å². The van der Waals surface area contributed by atoms with E-state index in [9.17, 15) is 0 Å². The highest BCUT2D eigenvalue weighted by Crippen LogP contribution is 2.30. The largest absolute Gasteiger partial charge is 0.370 e. The lowest BCUT2D eigenvalue weighted by Crippen LogP contribution is -2.30. The summed E-state index contributed by atoms with van der Waals surface area (Å²) >= 11 is 0. The molecule has 3 heterocycles. The van der Waals surface area contributed by atoms with Gasteiger partial charge in [0.25, 0.3) is 0 Å². The SMILES string of the molecule is Cc1cnc(C)c(-c2cnc(CC#N)c(N3CCCCC3)c2)c1. The summed E-state index contributed by atoms with van der Waals surface area (Å²) in [5.74, 6) is 0. The third-order valence-corrected chi connectivity index (χ3v) is 4.43. The molecule has 0 amide bonds. The number of rotatable bonds is 3. The van der Waals surface area contributed by atoms with Crippen LogP contribution in [0.2, 0.25) is 0 Å². The van der Waals surface area contributed by atoms with E-state index in [4.69, 9.17) is 5.26 Å². The van der Waals surface area contributed by atoms with E-state index < -0.39 is 0 Å². The first-order chi connectivity index (χ1) is 11.2. The standard InChI is InChI=1S/C19H22N4/c1-14-10-17(15(2)21-12-14)16-11-19(18(6-7-20)22-13-16)23-8-4-3-5-9-23/h10-13H,3-6,8-9H2,1-2H3. The van der Waals surface area contributed by atoms with Crippen LogP contribution in [0.4, 0.5) is 5.69 Å². The first-order valence-corrected chi connectivity index (χ1v) is 8.23. The van der Waals surface area contributed by atoms with Crippen molar-refractivity contribution in [3.63, 3.8) is 0 Å². The number of aromatic nitrogens is 2. The molecule has 0 N–H and O–H groups in total. The van der Waals surface area contributed by atoms with Crippen molar-refractivity contribution in [2.75, 3.05) is 18.0 Å². The average Bonchev–Trinajstić information content (AvgIpc) is 2.58. The van der Waals surface area contributed by atoms with Gasteiger partial charge in [-0.25, -0.2) is 0 Å². The Labute approximate surface area is 137 Å². The summed E-state index contributed by atoms with van der Waals surface area (Å²) < 4.78 is 0. The maximum absolute atomic E-state index is 9.09. The minimum absolute atomic E-state index is 0.358. The van der Waals surface area contributed by atoms with Crippen molar-refractivity contribution in [2.45, 2.75) is 39.5 Å². The van der Waals surface area contributed by atoms with Crippen molar-refractivity contribution < 1.29 is 0 Å². The van der Waals surface area contributed by atoms with Crippen molar-refractivity contribution in [1.82, 2.24) is 9.97 Å². The average molecular weight is 306 g/mol. The van der Waals surface area contributed by atoms with Gasteiger partial charge in [0, 0.05) is 42.3 Å². The molecule has 118 valence electrons. The van der Waals surface area contributed by atoms with Crippen LogP contribution in [0.25, 0.3) is 11.1 Å². The Balaban J connectivity index is 2.05. The number of hydrogen-bond donors (Lipinski definition) is 0. The van der Waals surface area contributed by atoms with Crippen molar-refractivity contribution in [3.8, 4) is 17.2 Å². The molecular formula is C19H22N4. The number of hydrogen-bond acceptors (Lipinski definition) is 4. The fourth-order valence-electron chi connectivity index (χ4n) is 3.18. The second-order valence-electron chi connectivity index (χ2n) is 6.22. The Hall–Kier alpha value is -2.41. The Bertz CT molecular complexity index is 740. The quantitative estimate of drug-likeness (QED) is 0.865. The lowest BCUT2D eigenvalue weighted by atomic mass is 10.0. The Morgan fingerprint density at radius 1 is 1.09 bits per heavy atom. The van der Waals surface area contributed by atoms with E-state index in [0.29, 0.717) is 6.42 Å². The Kier molecular flexibility index (Phi) is 4.57. The summed E-state index contributed by atoms with van der Waals surface area (Å²) in [6.07, 6.45) is 7.84. The van der Waals surface area contributed by atoms with E-state index in [0.717, 1.165) is 46.9 Å². The van der Waals surface area contributed by atoms with Crippen LogP contribution in [-0.2, 0) is 6.42 Å². The molecule has 1 aliphatic rings. The third-order valence-electron chi connectivity index (χ3n) is 4.43. The van der Waals surface area contributed by atoms with E-state index in [1.165, 1.54) is 19.3 Å². The number of pyridine rings is 2. The normalized spacial score (nSPS) is 14.6. The summed E-state index contributed by atoms with van der Waals surface area (Å²) in [7, 11) is 0. The van der Waals surface area contributed by atoms with Crippen LogP contribution in [-0.4, -0.2) is 23.1 Å². The molecule has 0 aromatic carbocycles. The highest BCUT2D eigenvalue weighted by Gasteiger charge is 2.17. The number of nitriles is 1. The Morgan fingerprint density at radius 3 is 2.61 bits per heavy atom. The number of nitrogens with zero attached hydrogens (tertiary/aromatic N) is 4. The van der Waals surface area contributed by atoms with E-state index in [2.05, 4.69) is 40.0 Å². The molecule has 0 spiro atoms. The molecule has 23 heavy (non-hydrogen) atoms. The molecular weight excluding hydrogens is 284 g/mol. The van der Waals surface area contributed by atoms with Crippen LogP contribution in [0.15, 0.2) is 24.5 Å². The molecule has 0 aliphatic carbocycles. The molecule has 0 bridgehead atoms. The molecule has 2 aromatic rings. The lowest BCUT2D eigenvalue weighted by Gasteiger charge is -2.30. The van der Waals surface area contributed by atoms with Crippen LogP contribution in [0.5, 0.6) is 0 Å². The highest BCUT2D eigenvalue weighted by atomic mass is 15.1. The molecule has 1 aliphatic heterocycles. The maximum Gasteiger partial charge on any atom is 0.0795 e. The van der Waals surface area contributed by atoms with Gasteiger partial charge in [0.15, 0.2) is 0 Å². The molecule has 4 nitrogen and oxygen atoms in total. The van der Waals surface area contributed by atoms with E-state index in [1.807, 2.05) is 19.3 Å². The summed E-state index contributed by atoms with van der Waals surface area (Å²) in [5.41, 5.74) is 6.36. The zero-order valence-electron chi connectivity index (χ0n) is 13.8. The van der Waals surface area contributed by atoms with E-state index in [1.54, 1.807) is 0 Å². The minimum atomic E-state index is 0.358. The van der Waals surface area contributed by atoms with Gasteiger partial charge in [0.05, 0.1) is 23.9 Å². The van der Waals surface area contributed by atoms with Crippen LogP contribution < -0.4 is 4.90 Å². The van der Waals surface area contributed by atoms with Gasteiger partial charge in [-0.1, -0.05) is 0 Å². The van der Waals surface area contributed by atoms with Gasteiger partial charge >= 0.3 is 0 Å². The predicted molar refractivity (Wildman–Crippen MR) is 92.3 cm³/mol. The molecule has 0 unspecified atom stereocenters. The molecule has 0 atom stereocenters. The maximum atomic E-state index is 9.09. The Morgan fingerprint density at radius 2 is 1.87 bits per heavy atom. The second kappa shape index (κ2) is 6.78. The third kappa shape index (κ3) is 3.34. The second-order valence-corrected chi connectivity index (χ2v) is 6.22. The summed E-state index contributed by atoms with van der Waals surface area (Å²) in [6.45, 7) is 6.18. The fraction of sp³-hybridized carbons (Fsp3) is 0.421. The van der Waals surface area contributed by atoms with Gasteiger partial charge in [-0.2, -0.15) is 5.26 Å². The molecule has 0 saturated carbocycles. The number of anilines is 1. The summed E-state index contributed by atoms with van der Waals surface area (Å²) in [5, 5.41) is 9.09. The van der Waals surface area contributed by atoms with Gasteiger partial charge in [-0.3, -0.25) is 9.97 Å². The van der Waals surface area contributed by atoms with Crippen molar-refractivity contribution in [2.24, 2.45) is 0 Å². The van der Waals surface area contributed by atoms with Crippen LogP contribution >= 0.6 is 0 Å². The first-order valence-electron chi connectivity index (χ1n) is 8.23. The van der Waals surface area contributed by atoms with Crippen molar-refractivity contribution in [3.05, 3.63) is 41.5 Å². The van der Waals surface area contributed by atoms with Crippen LogP contribution in [0.1, 0.15) is 36.2 Å². The molecule has 1 fully saturated rings. The van der Waals surface area contributed by atoms with Gasteiger partial charge < -0.3 is 4.90 Å². The minimum Gasteiger partial charge on any atom is -0.370 e. The molecule has 3 rings (SSSR count). The van der Waals surface area contributed by atoms with Crippen molar-refractivity contribution >= 4 is 5.69 Å². The van der Waals surface area contributed by atoms with Crippen LogP contribution in [0, 0.1) is 25.2 Å². The van der Waals surface area contributed by atoms with Gasteiger partial charge in [0.1, 0.15) is 0 Å². The first kappa shape index (κ1) is 15.5. The highest BCUT2D eigenvalue weighted by molar-refractivity contribution is 5.71. The van der Waals surface area contributed by atoms with Crippen LogP contribution in [0.3, 0.4) is 0 Å². The number of aryl methyl sites for hydroxylation is 2. The molecule has 1 saturated heterocycles. The summed E-state index contributed by atoms with van der Waals surface area (Å²) in [6, 6.07) is 6.59. The monoisotopic (exact) mass is 306 g/mol. The zero-order chi connectivity index (χ0) is 16.2. The smallest absolute Gasteiger partial charge is 0.0795 e.